The molecule has 4 nitrogen and oxygen atoms in total. The minimum Gasteiger partial charge on any atom is -0.507 e. The number of para-hydroxylation sites is 1. The molecule has 1 amide bonds. The molecule has 0 radical (unpaired) electrons. The maximum Gasteiger partial charge on any atom is 0.255 e. The number of phenolic OH excluding ortho intramolecular Hbond substituents is 1. The van der Waals surface area contributed by atoms with Gasteiger partial charge < -0.3 is 15.2 Å². The second kappa shape index (κ2) is 7.04. The monoisotopic (exact) mass is 321 g/mol. The smallest absolute Gasteiger partial charge is 0.255 e. The second-order valence-corrected chi connectivity index (χ2v) is 5.53. The van der Waals surface area contributed by atoms with Crippen molar-refractivity contribution in [2.24, 2.45) is 0 Å². The van der Waals surface area contributed by atoms with E-state index in [0.29, 0.717) is 13.0 Å². The number of methoxy groups -OCH3 is 1. The second-order valence-electron chi connectivity index (χ2n) is 5.53. The lowest BCUT2D eigenvalue weighted by Gasteiger charge is -2.10. The summed E-state index contributed by atoms with van der Waals surface area (Å²) in [6.07, 6.45) is 0.657. The summed E-state index contributed by atoms with van der Waals surface area (Å²) in [5.41, 5.74) is 1.32. The van der Waals surface area contributed by atoms with Gasteiger partial charge in [-0.05, 0) is 41.0 Å². The highest BCUT2D eigenvalue weighted by Gasteiger charge is 2.12. The Labute approximate surface area is 140 Å². The van der Waals surface area contributed by atoms with Crippen molar-refractivity contribution >= 4 is 16.7 Å². The first-order valence-electron chi connectivity index (χ1n) is 7.81. The molecule has 0 aliphatic heterocycles. The van der Waals surface area contributed by atoms with Crippen molar-refractivity contribution in [3.63, 3.8) is 0 Å². The van der Waals surface area contributed by atoms with Gasteiger partial charge in [-0.3, -0.25) is 4.79 Å². The minimum atomic E-state index is -0.284. The van der Waals surface area contributed by atoms with E-state index in [-0.39, 0.29) is 17.2 Å². The third-order valence-electron chi connectivity index (χ3n) is 3.98. The summed E-state index contributed by atoms with van der Waals surface area (Å²) in [5, 5.41) is 14.8. The topological polar surface area (TPSA) is 58.6 Å². The molecule has 0 spiro atoms. The van der Waals surface area contributed by atoms with Gasteiger partial charge in [0.25, 0.3) is 5.91 Å². The van der Waals surface area contributed by atoms with Crippen LogP contribution in [0, 0.1) is 0 Å². The molecule has 0 aliphatic rings. The molecule has 4 heteroatoms. The van der Waals surface area contributed by atoms with Gasteiger partial charge in [-0.25, -0.2) is 0 Å². The summed E-state index contributed by atoms with van der Waals surface area (Å²) < 4.78 is 5.30. The van der Waals surface area contributed by atoms with Crippen LogP contribution < -0.4 is 10.1 Å². The lowest BCUT2D eigenvalue weighted by molar-refractivity contribution is 0.0951. The zero-order chi connectivity index (χ0) is 16.9. The van der Waals surface area contributed by atoms with Gasteiger partial charge in [-0.1, -0.05) is 42.5 Å². The van der Waals surface area contributed by atoms with Gasteiger partial charge in [0, 0.05) is 6.54 Å². The third kappa shape index (κ3) is 3.33. The van der Waals surface area contributed by atoms with Crippen molar-refractivity contribution in [3.8, 4) is 11.5 Å². The number of fused-ring (bicyclic) bond motifs is 1. The summed E-state index contributed by atoms with van der Waals surface area (Å²) >= 11 is 0. The van der Waals surface area contributed by atoms with E-state index in [4.69, 9.17) is 4.74 Å². The zero-order valence-electron chi connectivity index (χ0n) is 13.5. The molecule has 0 saturated heterocycles. The fourth-order valence-corrected chi connectivity index (χ4v) is 2.73. The van der Waals surface area contributed by atoms with E-state index >= 15 is 0 Å². The number of carbonyl (C=O) groups is 1. The van der Waals surface area contributed by atoms with Gasteiger partial charge in [-0.2, -0.15) is 0 Å². The van der Waals surface area contributed by atoms with Crippen molar-refractivity contribution in [1.29, 1.82) is 0 Å². The van der Waals surface area contributed by atoms with Crippen LogP contribution in [0.3, 0.4) is 0 Å². The van der Waals surface area contributed by atoms with Crippen LogP contribution in [-0.4, -0.2) is 24.7 Å². The fraction of sp³-hybridized carbons (Fsp3) is 0.150. The number of phenols is 1. The van der Waals surface area contributed by atoms with Gasteiger partial charge in [0.15, 0.2) is 0 Å². The molecule has 3 aromatic rings. The molecule has 0 fully saturated rings. The number of ether oxygens (including phenoxy) is 1. The van der Waals surface area contributed by atoms with Crippen molar-refractivity contribution in [3.05, 3.63) is 71.8 Å². The largest absolute Gasteiger partial charge is 0.507 e. The van der Waals surface area contributed by atoms with E-state index < -0.39 is 0 Å². The molecule has 122 valence electrons. The Morgan fingerprint density at radius 2 is 1.71 bits per heavy atom. The number of aromatic hydroxyl groups is 1. The summed E-state index contributed by atoms with van der Waals surface area (Å²) in [5.74, 6) is 0.511. The average Bonchev–Trinajstić information content (AvgIpc) is 2.61. The summed E-state index contributed by atoms with van der Waals surface area (Å²) in [6, 6.07) is 18.7. The number of amides is 1. The fourth-order valence-electron chi connectivity index (χ4n) is 2.73. The molecule has 3 rings (SSSR count). The molecule has 2 N–H and O–H groups in total. The number of nitrogens with one attached hydrogen (secondary N) is 1. The molecule has 0 atom stereocenters. The summed E-state index contributed by atoms with van der Waals surface area (Å²) in [6.45, 7) is 0.464. The first-order valence-corrected chi connectivity index (χ1v) is 7.81. The first kappa shape index (κ1) is 15.9. The maximum atomic E-state index is 12.4. The van der Waals surface area contributed by atoms with E-state index in [1.807, 2.05) is 48.5 Å². The molecular formula is C20H19NO3. The number of rotatable bonds is 5. The van der Waals surface area contributed by atoms with Gasteiger partial charge in [-0.15, -0.1) is 0 Å². The van der Waals surface area contributed by atoms with Gasteiger partial charge >= 0.3 is 0 Å². The molecule has 3 aromatic carbocycles. The van der Waals surface area contributed by atoms with E-state index in [0.717, 1.165) is 22.1 Å². The van der Waals surface area contributed by atoms with E-state index in [9.17, 15) is 9.90 Å². The van der Waals surface area contributed by atoms with E-state index in [2.05, 4.69) is 5.32 Å². The van der Waals surface area contributed by atoms with Crippen molar-refractivity contribution in [2.45, 2.75) is 6.42 Å². The normalized spacial score (nSPS) is 10.5. The van der Waals surface area contributed by atoms with Crippen LogP contribution in [-0.2, 0) is 6.42 Å². The Morgan fingerprint density at radius 3 is 2.46 bits per heavy atom. The molecule has 0 saturated carbocycles. The predicted octanol–water partition coefficient (Wildman–Crippen LogP) is 3.53. The van der Waals surface area contributed by atoms with Gasteiger partial charge in [0.1, 0.15) is 11.5 Å². The Kier molecular flexibility index (Phi) is 4.66. The lowest BCUT2D eigenvalue weighted by atomic mass is 10.1. The molecular weight excluding hydrogens is 302 g/mol. The van der Waals surface area contributed by atoms with Crippen LogP contribution in [0.25, 0.3) is 10.8 Å². The Morgan fingerprint density at radius 1 is 1.04 bits per heavy atom. The Bertz CT molecular complexity index is 874. The molecule has 0 unspecified atom stereocenters. The predicted molar refractivity (Wildman–Crippen MR) is 94.6 cm³/mol. The standard InChI is InChI=1S/C20H19NO3/c1-24-19-9-5-4-6-14(19)10-11-21-20(23)17-12-15-7-2-3-8-16(15)13-18(17)22/h2-9,12-13,22H,10-11H2,1H3,(H,21,23). The van der Waals surface area contributed by atoms with Crippen LogP contribution in [0.5, 0.6) is 11.5 Å². The molecule has 0 heterocycles. The maximum absolute atomic E-state index is 12.4. The van der Waals surface area contributed by atoms with Gasteiger partial charge in [0.2, 0.25) is 0 Å². The molecule has 0 aromatic heterocycles. The Hall–Kier alpha value is -3.01. The molecule has 0 aliphatic carbocycles. The summed E-state index contributed by atoms with van der Waals surface area (Å²) in [4.78, 5) is 12.4. The highest BCUT2D eigenvalue weighted by Crippen LogP contribution is 2.25. The zero-order valence-corrected chi connectivity index (χ0v) is 13.5. The third-order valence-corrected chi connectivity index (χ3v) is 3.98. The first-order chi connectivity index (χ1) is 11.7. The quantitative estimate of drug-likeness (QED) is 0.756. The summed E-state index contributed by atoms with van der Waals surface area (Å²) in [7, 11) is 1.63. The van der Waals surface area contributed by atoms with Crippen molar-refractivity contribution in [2.75, 3.05) is 13.7 Å². The van der Waals surface area contributed by atoms with Crippen LogP contribution >= 0.6 is 0 Å². The van der Waals surface area contributed by atoms with Crippen LogP contribution in [0.2, 0.25) is 0 Å². The Balaban J connectivity index is 1.70. The van der Waals surface area contributed by atoms with Crippen LogP contribution in [0.4, 0.5) is 0 Å². The lowest BCUT2D eigenvalue weighted by Crippen LogP contribution is -2.25. The average molecular weight is 321 g/mol. The van der Waals surface area contributed by atoms with Crippen molar-refractivity contribution < 1.29 is 14.6 Å². The van der Waals surface area contributed by atoms with E-state index in [1.54, 1.807) is 19.2 Å². The number of hydrogen-bond acceptors (Lipinski definition) is 3. The number of carbonyl (C=O) groups excluding carboxylic acids is 1. The van der Waals surface area contributed by atoms with Gasteiger partial charge in [0.05, 0.1) is 12.7 Å². The molecule has 24 heavy (non-hydrogen) atoms. The molecule has 0 bridgehead atoms. The minimum absolute atomic E-state index is 0.0107. The number of benzene rings is 3. The highest BCUT2D eigenvalue weighted by molar-refractivity contribution is 6.01. The van der Waals surface area contributed by atoms with E-state index in [1.165, 1.54) is 0 Å². The SMILES string of the molecule is COc1ccccc1CCNC(=O)c1cc2ccccc2cc1O. The van der Waals surface area contributed by atoms with Crippen molar-refractivity contribution in [1.82, 2.24) is 5.32 Å². The number of hydrogen-bond donors (Lipinski definition) is 2. The van der Waals surface area contributed by atoms with Crippen LogP contribution in [0.15, 0.2) is 60.7 Å². The highest BCUT2D eigenvalue weighted by atomic mass is 16.5. The van der Waals surface area contributed by atoms with Crippen LogP contribution in [0.1, 0.15) is 15.9 Å².